The summed E-state index contributed by atoms with van der Waals surface area (Å²) >= 11 is 7.94. The number of hydrogen-bond donors (Lipinski definition) is 2. The third kappa shape index (κ3) is 3.83. The minimum Gasteiger partial charge on any atom is -0.480 e. The average Bonchev–Trinajstić information content (AvgIpc) is 2.76. The van der Waals surface area contributed by atoms with Crippen molar-refractivity contribution < 1.29 is 14.7 Å². The van der Waals surface area contributed by atoms with Crippen LogP contribution in [0.1, 0.15) is 41.8 Å². The summed E-state index contributed by atoms with van der Waals surface area (Å²) < 4.78 is 1.63. The van der Waals surface area contributed by atoms with E-state index >= 15 is 0 Å². The highest BCUT2D eigenvalue weighted by atomic mass is 79.9. The van der Waals surface area contributed by atoms with Gasteiger partial charge in [-0.2, -0.15) is 0 Å². The lowest BCUT2D eigenvalue weighted by Gasteiger charge is -2.27. The summed E-state index contributed by atoms with van der Waals surface area (Å²) in [6.07, 6.45) is 4.98. The van der Waals surface area contributed by atoms with Gasteiger partial charge in [0.2, 0.25) is 0 Å². The molecule has 1 aromatic rings. The molecule has 4 nitrogen and oxygen atoms in total. The molecule has 0 aliphatic heterocycles. The summed E-state index contributed by atoms with van der Waals surface area (Å²) in [4.78, 5) is 24.1. The van der Waals surface area contributed by atoms with Gasteiger partial charge in [0.15, 0.2) is 0 Å². The maximum absolute atomic E-state index is 12.2. The molecule has 1 amide bonds. The van der Waals surface area contributed by atoms with Gasteiger partial charge >= 0.3 is 5.97 Å². The largest absolute Gasteiger partial charge is 0.480 e. The van der Waals surface area contributed by atoms with Gasteiger partial charge in [-0.3, -0.25) is 4.79 Å². The molecule has 1 aliphatic rings. The first kappa shape index (κ1) is 16.0. The fourth-order valence-corrected chi connectivity index (χ4v) is 4.46. The highest BCUT2D eigenvalue weighted by Crippen LogP contribution is 2.33. The van der Waals surface area contributed by atoms with Crippen LogP contribution in [0.4, 0.5) is 0 Å². The number of thiophene rings is 1. The molecule has 1 fully saturated rings. The summed E-state index contributed by atoms with van der Waals surface area (Å²) in [6, 6.07) is 0.909. The molecule has 1 saturated carbocycles. The second-order valence-corrected chi connectivity index (χ2v) is 8.14. The van der Waals surface area contributed by atoms with Gasteiger partial charge in [-0.25, -0.2) is 4.79 Å². The Morgan fingerprint density at radius 2 is 1.95 bits per heavy atom. The number of carboxylic acids is 1. The number of hydrogen-bond acceptors (Lipinski definition) is 3. The van der Waals surface area contributed by atoms with Crippen molar-refractivity contribution in [2.75, 3.05) is 0 Å². The van der Waals surface area contributed by atoms with Crippen molar-refractivity contribution in [3.05, 3.63) is 19.2 Å². The van der Waals surface area contributed by atoms with E-state index in [0.717, 1.165) is 40.4 Å². The first-order chi connectivity index (χ1) is 9.49. The number of carbonyl (C=O) groups excluding carboxylic acids is 1. The Morgan fingerprint density at radius 1 is 1.30 bits per heavy atom. The number of amides is 1. The molecule has 1 unspecified atom stereocenters. The molecule has 0 radical (unpaired) electrons. The molecule has 110 valence electrons. The lowest BCUT2D eigenvalue weighted by Crippen LogP contribution is -2.46. The monoisotopic (exact) mass is 423 g/mol. The van der Waals surface area contributed by atoms with Crippen LogP contribution in [0.15, 0.2) is 14.3 Å². The zero-order chi connectivity index (χ0) is 14.7. The van der Waals surface area contributed by atoms with Crippen LogP contribution in [0.5, 0.6) is 0 Å². The van der Waals surface area contributed by atoms with Crippen LogP contribution in [-0.4, -0.2) is 23.0 Å². The third-order valence-corrected chi connectivity index (χ3v) is 6.80. The van der Waals surface area contributed by atoms with Gasteiger partial charge in [0, 0.05) is 4.47 Å². The SMILES string of the molecule is O=C(NC(C(=O)O)C1CCCCC1)c1cc(Br)c(Br)s1. The minimum atomic E-state index is -0.945. The lowest BCUT2D eigenvalue weighted by atomic mass is 9.84. The summed E-state index contributed by atoms with van der Waals surface area (Å²) in [5, 5.41) is 12.0. The van der Waals surface area contributed by atoms with Gasteiger partial charge in [-0.15, -0.1) is 11.3 Å². The van der Waals surface area contributed by atoms with Gasteiger partial charge in [-0.05, 0) is 56.7 Å². The molecule has 0 aromatic carbocycles. The van der Waals surface area contributed by atoms with E-state index in [9.17, 15) is 14.7 Å². The highest BCUT2D eigenvalue weighted by molar-refractivity contribution is 9.13. The molecule has 1 aromatic heterocycles. The maximum atomic E-state index is 12.2. The van der Waals surface area contributed by atoms with Crippen LogP contribution in [-0.2, 0) is 4.79 Å². The average molecular weight is 425 g/mol. The Bertz CT molecular complexity index is 492. The summed E-state index contributed by atoms with van der Waals surface area (Å²) in [7, 11) is 0. The number of halogens is 2. The number of nitrogens with one attached hydrogen (secondary N) is 1. The van der Waals surface area contributed by atoms with Gasteiger partial charge in [-0.1, -0.05) is 19.3 Å². The zero-order valence-corrected chi connectivity index (χ0v) is 14.7. The third-order valence-electron chi connectivity index (χ3n) is 3.54. The van der Waals surface area contributed by atoms with Crippen molar-refractivity contribution in [2.45, 2.75) is 38.1 Å². The molecule has 1 heterocycles. The van der Waals surface area contributed by atoms with Crippen LogP contribution < -0.4 is 5.32 Å². The van der Waals surface area contributed by atoms with Gasteiger partial charge in [0.25, 0.3) is 5.91 Å². The number of aliphatic carboxylic acids is 1. The minimum absolute atomic E-state index is 0.0389. The van der Waals surface area contributed by atoms with Gasteiger partial charge in [0.05, 0.1) is 8.66 Å². The van der Waals surface area contributed by atoms with Gasteiger partial charge < -0.3 is 10.4 Å². The van der Waals surface area contributed by atoms with Crippen LogP contribution in [0.2, 0.25) is 0 Å². The maximum Gasteiger partial charge on any atom is 0.326 e. The molecule has 0 bridgehead atoms. The number of rotatable bonds is 4. The molecule has 2 rings (SSSR count). The molecule has 20 heavy (non-hydrogen) atoms. The van der Waals surface area contributed by atoms with E-state index in [4.69, 9.17) is 0 Å². The second kappa shape index (κ2) is 7.04. The fourth-order valence-electron chi connectivity index (χ4n) is 2.52. The molecule has 1 atom stereocenters. The Hall–Kier alpha value is -0.400. The van der Waals surface area contributed by atoms with Crippen LogP contribution in [0.25, 0.3) is 0 Å². The van der Waals surface area contributed by atoms with E-state index in [0.29, 0.717) is 4.88 Å². The molecule has 2 N–H and O–H groups in total. The Labute approximate surface area is 138 Å². The van der Waals surface area contributed by atoms with Crippen LogP contribution in [0, 0.1) is 5.92 Å². The standard InChI is InChI=1S/C13H15Br2NO3S/c14-8-6-9(20-11(8)15)12(17)16-10(13(18)19)7-4-2-1-3-5-7/h6-7,10H,1-5H2,(H,16,17)(H,18,19). The van der Waals surface area contributed by atoms with Crippen LogP contribution >= 0.6 is 43.2 Å². The quantitative estimate of drug-likeness (QED) is 0.766. The summed E-state index contributed by atoms with van der Waals surface area (Å²) in [6.45, 7) is 0. The van der Waals surface area contributed by atoms with Crippen molar-refractivity contribution in [3.63, 3.8) is 0 Å². The van der Waals surface area contributed by atoms with Crippen LogP contribution in [0.3, 0.4) is 0 Å². The molecule has 0 spiro atoms. The summed E-state index contributed by atoms with van der Waals surface area (Å²) in [5.41, 5.74) is 0. The lowest BCUT2D eigenvalue weighted by molar-refractivity contribution is -0.141. The Morgan fingerprint density at radius 3 is 2.45 bits per heavy atom. The molecule has 7 heteroatoms. The molecular weight excluding hydrogens is 410 g/mol. The summed E-state index contributed by atoms with van der Waals surface area (Å²) in [5.74, 6) is -1.23. The van der Waals surface area contributed by atoms with E-state index in [1.165, 1.54) is 11.3 Å². The second-order valence-electron chi connectivity index (χ2n) is 4.92. The topological polar surface area (TPSA) is 66.4 Å². The predicted molar refractivity (Wildman–Crippen MR) is 85.2 cm³/mol. The van der Waals surface area contributed by atoms with E-state index in [1.807, 2.05) is 0 Å². The van der Waals surface area contributed by atoms with Crippen molar-refractivity contribution in [3.8, 4) is 0 Å². The van der Waals surface area contributed by atoms with Crippen molar-refractivity contribution in [1.29, 1.82) is 0 Å². The number of carboxylic acid groups (broad SMARTS) is 1. The van der Waals surface area contributed by atoms with E-state index in [2.05, 4.69) is 37.2 Å². The van der Waals surface area contributed by atoms with Crippen molar-refractivity contribution in [2.24, 2.45) is 5.92 Å². The van der Waals surface area contributed by atoms with E-state index in [-0.39, 0.29) is 11.8 Å². The number of carbonyl (C=O) groups is 2. The van der Waals surface area contributed by atoms with Gasteiger partial charge in [0.1, 0.15) is 6.04 Å². The first-order valence-electron chi connectivity index (χ1n) is 6.47. The highest BCUT2D eigenvalue weighted by Gasteiger charge is 2.31. The predicted octanol–water partition coefficient (Wildman–Crippen LogP) is 4.04. The van der Waals surface area contributed by atoms with E-state index < -0.39 is 12.0 Å². The first-order valence-corrected chi connectivity index (χ1v) is 8.88. The molecule has 0 saturated heterocycles. The molecular formula is C13H15Br2NO3S. The van der Waals surface area contributed by atoms with E-state index in [1.54, 1.807) is 6.07 Å². The zero-order valence-electron chi connectivity index (χ0n) is 10.7. The Kier molecular flexibility index (Phi) is 5.63. The smallest absolute Gasteiger partial charge is 0.326 e. The fraction of sp³-hybridized carbons (Fsp3) is 0.538. The van der Waals surface area contributed by atoms with Crippen molar-refractivity contribution >= 4 is 55.1 Å². The Balaban J connectivity index is 2.07. The normalized spacial score (nSPS) is 17.7. The van der Waals surface area contributed by atoms with Crippen molar-refractivity contribution in [1.82, 2.24) is 5.32 Å². The molecule has 1 aliphatic carbocycles.